The van der Waals surface area contributed by atoms with Crippen molar-refractivity contribution < 1.29 is 49.2 Å². The maximum Gasteiger partial charge on any atom is 0.0465 e. The summed E-state index contributed by atoms with van der Waals surface area (Å²) >= 11 is 0. The molecule has 0 aliphatic carbocycles. The van der Waals surface area contributed by atoms with Crippen LogP contribution in [0.1, 0.15) is 6.42 Å². The van der Waals surface area contributed by atoms with E-state index >= 15 is 0 Å². The predicted octanol–water partition coefficient (Wildman–Crippen LogP) is 0.555. The fraction of sp³-hybridized carbons (Fsp3) is 0.500. The molecule has 0 atom stereocenters. The Labute approximate surface area is 74.0 Å². The normalized spacial score (nSPS) is 6.17. The summed E-state index contributed by atoms with van der Waals surface area (Å²) in [5.74, 6) is 0. The first-order valence-corrected chi connectivity index (χ1v) is 1.63. The van der Waals surface area contributed by atoms with Gasteiger partial charge in [0.15, 0.2) is 0 Å². The Morgan fingerprint density at radius 1 is 1.67 bits per heavy atom. The third-order valence-electron chi connectivity index (χ3n) is 0.333. The van der Waals surface area contributed by atoms with Gasteiger partial charge in [-0.25, -0.2) is 0 Å². The summed E-state index contributed by atoms with van der Waals surface area (Å²) in [6.45, 7) is 3.62. The van der Waals surface area contributed by atoms with Crippen LogP contribution >= 0.6 is 0 Å². The predicted molar refractivity (Wildman–Crippen MR) is 21.9 cm³/mol. The minimum absolute atomic E-state index is 0. The second kappa shape index (κ2) is 9.47. The van der Waals surface area contributed by atoms with Gasteiger partial charge < -0.3 is 5.11 Å². The van der Waals surface area contributed by atoms with Crippen molar-refractivity contribution in [3.05, 3.63) is 12.7 Å². The van der Waals surface area contributed by atoms with Crippen molar-refractivity contribution in [2.75, 3.05) is 6.61 Å². The molecule has 6 heavy (non-hydrogen) atoms. The average Bonchev–Trinajstić information content (AvgIpc) is 1.41. The summed E-state index contributed by atoms with van der Waals surface area (Å²) in [5, 5.41) is 8.00. The first-order valence-electron chi connectivity index (χ1n) is 1.63. The SMILES string of the molecule is C=CCCO.[Ac]. The van der Waals surface area contributed by atoms with Gasteiger partial charge in [0.25, 0.3) is 0 Å². The largest absolute Gasteiger partial charge is 0.396 e. The number of aliphatic hydroxyl groups excluding tert-OH is 1. The molecule has 0 saturated heterocycles. The van der Waals surface area contributed by atoms with Gasteiger partial charge in [-0.05, 0) is 6.42 Å². The molecule has 2 heteroatoms. The molecular formula is C4H8AcO. The zero-order chi connectivity index (χ0) is 4.12. The van der Waals surface area contributed by atoms with Crippen LogP contribution in [0, 0.1) is 44.1 Å². The van der Waals surface area contributed by atoms with Crippen LogP contribution in [0.5, 0.6) is 0 Å². The van der Waals surface area contributed by atoms with E-state index in [1.807, 2.05) is 0 Å². The van der Waals surface area contributed by atoms with Gasteiger partial charge in [-0.1, -0.05) is 6.08 Å². The third-order valence-corrected chi connectivity index (χ3v) is 0.333. The molecule has 33 valence electrons. The molecule has 1 nitrogen and oxygen atoms in total. The van der Waals surface area contributed by atoms with E-state index in [1.54, 1.807) is 6.08 Å². The summed E-state index contributed by atoms with van der Waals surface area (Å²) in [6.07, 6.45) is 2.39. The fourth-order valence-electron chi connectivity index (χ4n) is 0.0913. The van der Waals surface area contributed by atoms with Gasteiger partial charge in [0.1, 0.15) is 0 Å². The van der Waals surface area contributed by atoms with Gasteiger partial charge in [0.05, 0.1) is 0 Å². The zero-order valence-corrected chi connectivity index (χ0v) is 8.47. The van der Waals surface area contributed by atoms with Crippen LogP contribution in [0.2, 0.25) is 0 Å². The molecule has 0 aliphatic rings. The number of rotatable bonds is 2. The van der Waals surface area contributed by atoms with Gasteiger partial charge in [-0.3, -0.25) is 0 Å². The van der Waals surface area contributed by atoms with Gasteiger partial charge in [-0.15, -0.1) is 6.58 Å². The van der Waals surface area contributed by atoms with Gasteiger partial charge in [0.2, 0.25) is 0 Å². The van der Waals surface area contributed by atoms with Crippen molar-refractivity contribution in [3.8, 4) is 0 Å². The maximum atomic E-state index is 8.00. The van der Waals surface area contributed by atoms with Crippen molar-refractivity contribution in [3.63, 3.8) is 0 Å². The molecule has 0 unspecified atom stereocenters. The minimum atomic E-state index is 0. The Morgan fingerprint density at radius 2 is 2.17 bits per heavy atom. The van der Waals surface area contributed by atoms with E-state index in [9.17, 15) is 0 Å². The molecule has 0 saturated carbocycles. The van der Waals surface area contributed by atoms with Crippen molar-refractivity contribution >= 4 is 0 Å². The Hall–Kier alpha value is 1.14. The summed E-state index contributed by atoms with van der Waals surface area (Å²) < 4.78 is 0. The van der Waals surface area contributed by atoms with Crippen LogP contribution in [-0.2, 0) is 0 Å². The van der Waals surface area contributed by atoms with E-state index < -0.39 is 0 Å². The Bertz CT molecular complexity index is 28.7. The van der Waals surface area contributed by atoms with E-state index in [-0.39, 0.29) is 50.7 Å². The summed E-state index contributed by atoms with van der Waals surface area (Å²) in [4.78, 5) is 0. The number of aliphatic hydroxyl groups is 1. The molecule has 0 amide bonds. The minimum Gasteiger partial charge on any atom is -0.396 e. The van der Waals surface area contributed by atoms with Gasteiger partial charge in [-0.2, -0.15) is 0 Å². The van der Waals surface area contributed by atoms with E-state index in [0.29, 0.717) is 6.42 Å². The molecule has 0 heterocycles. The first kappa shape index (κ1) is 10.2. The summed E-state index contributed by atoms with van der Waals surface area (Å²) in [5.41, 5.74) is 0. The molecule has 0 aromatic rings. The van der Waals surface area contributed by atoms with E-state index in [4.69, 9.17) is 5.11 Å². The van der Waals surface area contributed by atoms with Crippen molar-refractivity contribution in [2.24, 2.45) is 0 Å². The Kier molecular flexibility index (Phi) is 16.1. The van der Waals surface area contributed by atoms with Crippen molar-refractivity contribution in [1.82, 2.24) is 0 Å². The molecule has 0 aromatic heterocycles. The second-order valence-corrected chi connectivity index (χ2v) is 0.801. The van der Waals surface area contributed by atoms with E-state index in [0.717, 1.165) is 0 Å². The van der Waals surface area contributed by atoms with Crippen LogP contribution < -0.4 is 0 Å². The van der Waals surface area contributed by atoms with Crippen molar-refractivity contribution in [1.29, 1.82) is 0 Å². The molecule has 1 radical (unpaired) electrons. The number of hydrogen-bond acceptors (Lipinski definition) is 1. The Balaban J connectivity index is 0. The maximum absolute atomic E-state index is 8.00. The van der Waals surface area contributed by atoms with Crippen LogP contribution in [0.3, 0.4) is 0 Å². The molecule has 0 aliphatic heterocycles. The molecule has 0 rings (SSSR count). The van der Waals surface area contributed by atoms with Gasteiger partial charge >= 0.3 is 0 Å². The zero-order valence-electron chi connectivity index (χ0n) is 3.72. The monoisotopic (exact) mass is 299 g/mol. The quantitative estimate of drug-likeness (QED) is 0.739. The van der Waals surface area contributed by atoms with Crippen LogP contribution in [0.4, 0.5) is 0 Å². The first-order chi connectivity index (χ1) is 2.41. The molecule has 0 bridgehead atoms. The molecule has 0 aromatic carbocycles. The second-order valence-electron chi connectivity index (χ2n) is 0.801. The van der Waals surface area contributed by atoms with Gasteiger partial charge in [0, 0.05) is 50.7 Å². The molecule has 1 N–H and O–H groups in total. The summed E-state index contributed by atoms with van der Waals surface area (Å²) in [7, 11) is 0. The van der Waals surface area contributed by atoms with Crippen molar-refractivity contribution in [2.45, 2.75) is 6.42 Å². The van der Waals surface area contributed by atoms with E-state index in [2.05, 4.69) is 6.58 Å². The summed E-state index contributed by atoms with van der Waals surface area (Å²) in [6, 6.07) is 0. The smallest absolute Gasteiger partial charge is 0.0465 e. The molecule has 0 fully saturated rings. The fourth-order valence-corrected chi connectivity index (χ4v) is 0.0913. The number of hydrogen-bond donors (Lipinski definition) is 1. The van der Waals surface area contributed by atoms with Crippen LogP contribution in [0.25, 0.3) is 0 Å². The third kappa shape index (κ3) is 8.94. The average molecular weight is 299 g/mol. The molecular weight excluding hydrogens is 291 g/mol. The van der Waals surface area contributed by atoms with E-state index in [1.165, 1.54) is 0 Å². The molecule has 0 spiro atoms. The Morgan fingerprint density at radius 3 is 2.17 bits per heavy atom. The topological polar surface area (TPSA) is 20.2 Å². The van der Waals surface area contributed by atoms with Crippen LogP contribution in [-0.4, -0.2) is 11.7 Å². The van der Waals surface area contributed by atoms with Crippen LogP contribution in [0.15, 0.2) is 12.7 Å². The standard InChI is InChI=1S/C4H8O.Ac/c1-2-3-4-5;/h2,5H,1,3-4H2;.